The van der Waals surface area contributed by atoms with Gasteiger partial charge in [0.1, 0.15) is 5.75 Å². The van der Waals surface area contributed by atoms with Gasteiger partial charge in [0.2, 0.25) is 0 Å². The van der Waals surface area contributed by atoms with Crippen molar-refractivity contribution < 1.29 is 51.9 Å². The molecule has 0 amide bonds. The molecule has 0 heterocycles. The van der Waals surface area contributed by atoms with Crippen LogP contribution in [0.15, 0.2) is 217 Å². The minimum atomic E-state index is -4.06. The predicted molar refractivity (Wildman–Crippen MR) is 258 cm³/mol. The predicted octanol–water partition coefficient (Wildman–Crippen LogP) is 11.3. The average Bonchev–Trinajstić information content (AvgIpc) is 3.27. The first kappa shape index (κ1) is 66.7. The van der Waals surface area contributed by atoms with E-state index < -0.39 is 40.5 Å². The maximum absolute atomic E-state index is 10.6. The highest BCUT2D eigenvalue weighted by atomic mass is 32.2. The zero-order chi connectivity index (χ0) is 49.5. The normalized spacial score (nSPS) is 9.31. The molecule has 0 bridgehead atoms. The molecule has 61 heavy (non-hydrogen) atoms. The van der Waals surface area contributed by atoms with E-state index in [-0.39, 0.29) is 20.4 Å². The molecule has 0 aliphatic heterocycles. The van der Waals surface area contributed by atoms with Crippen molar-refractivity contribution in [3.63, 3.8) is 0 Å². The van der Waals surface area contributed by atoms with Crippen LogP contribution < -0.4 is 0 Å². The van der Waals surface area contributed by atoms with Gasteiger partial charge in [-0.05, 0) is 64.2 Å². The van der Waals surface area contributed by atoms with Gasteiger partial charge in [0, 0.05) is 0 Å². The van der Waals surface area contributed by atoms with Crippen LogP contribution in [0.5, 0.6) is 0 Å². The second-order valence-electron chi connectivity index (χ2n) is 9.42. The van der Waals surface area contributed by atoms with Gasteiger partial charge in [0.15, 0.2) is 0 Å². The highest BCUT2D eigenvalue weighted by Crippen LogP contribution is 2.12. The van der Waals surface area contributed by atoms with Crippen molar-refractivity contribution in [3.05, 3.63) is 230 Å². The van der Waals surface area contributed by atoms with E-state index in [9.17, 15) is 33.7 Å². The van der Waals surface area contributed by atoms with Gasteiger partial charge in [-0.2, -0.15) is 33.7 Å². The summed E-state index contributed by atoms with van der Waals surface area (Å²) in [6, 6.07) is 24.1. The molecule has 0 radical (unpaired) electrons. The fraction of sp³-hybridized carbons (Fsp3) is 0.0222. The SMILES string of the molecule is C=C.C=C.C=C.C=C.C=C.C=C.C=Cc1ccc(CS(=O)(=O)O)cc1.C=Cc1ccc(S(=O)(=O)O)cc1.C=Cc1ccc(S(=O)(=O)O)cc1.C=Cc1ccc(S(=O)(=O)O)cc1. The van der Waals surface area contributed by atoms with Gasteiger partial charge < -0.3 is 0 Å². The molecular formula is C45H58O12S4. The summed E-state index contributed by atoms with van der Waals surface area (Å²) in [6.07, 6.45) is 6.44. The molecule has 0 saturated carbocycles. The standard InChI is InChI=1S/C9H10O3S.3C8H8O3S.6C2H4/c1-2-8-3-5-9(6-4-8)7-13(10,11)12;3*1-2-7-3-5-8(6-4-7)12(9,10)11;6*1-2/h2-6H,1,7H2,(H,10,11,12);3*2-6H,1H2,(H,9,10,11);6*1-2H2. The first-order valence-corrected chi connectivity index (χ1v) is 22.3. The molecule has 0 saturated heterocycles. The number of benzene rings is 4. The lowest BCUT2D eigenvalue weighted by atomic mass is 10.1. The monoisotopic (exact) mass is 918 g/mol. The number of hydrogen-bond donors (Lipinski definition) is 4. The van der Waals surface area contributed by atoms with E-state index >= 15 is 0 Å². The topological polar surface area (TPSA) is 217 Å². The van der Waals surface area contributed by atoms with Crippen LogP contribution in [0.1, 0.15) is 27.8 Å². The third-order valence-corrected chi connectivity index (χ3v) is 9.11. The molecule has 0 unspecified atom stereocenters. The van der Waals surface area contributed by atoms with Crippen molar-refractivity contribution in [1.29, 1.82) is 0 Å². The van der Waals surface area contributed by atoms with E-state index in [0.29, 0.717) is 5.56 Å². The minimum absolute atomic E-state index is 0.104. The molecule has 4 aromatic carbocycles. The fourth-order valence-corrected chi connectivity index (χ4v) is 5.34. The first-order valence-electron chi connectivity index (χ1n) is 16.4. The maximum atomic E-state index is 10.6. The lowest BCUT2D eigenvalue weighted by molar-refractivity contribution is 0.480. The maximum Gasteiger partial charge on any atom is 0.294 e. The summed E-state index contributed by atoms with van der Waals surface area (Å²) in [6.45, 7) is 50.1. The molecule has 12 nitrogen and oxygen atoms in total. The van der Waals surface area contributed by atoms with E-state index in [1.807, 2.05) is 0 Å². The summed E-state index contributed by atoms with van der Waals surface area (Å²) in [5, 5.41) is 0. The van der Waals surface area contributed by atoms with E-state index in [1.54, 1.807) is 85.0 Å². The van der Waals surface area contributed by atoms with Gasteiger partial charge in [-0.3, -0.25) is 18.2 Å². The fourth-order valence-electron chi connectivity index (χ4n) is 3.29. The molecule has 16 heteroatoms. The zero-order valence-electron chi connectivity index (χ0n) is 34.3. The molecule has 0 atom stereocenters. The van der Waals surface area contributed by atoms with Crippen LogP contribution in [0.4, 0.5) is 0 Å². The third kappa shape index (κ3) is 34.5. The molecule has 0 aromatic heterocycles. The summed E-state index contributed by atoms with van der Waals surface area (Å²) in [5.74, 6) is -0.343. The Hall–Kier alpha value is -6.08. The third-order valence-electron chi connectivity index (χ3n) is 5.81. The Labute approximate surface area is 365 Å². The van der Waals surface area contributed by atoms with Crippen LogP contribution >= 0.6 is 0 Å². The summed E-state index contributed by atoms with van der Waals surface area (Å²) in [5.41, 5.74) is 3.90. The second-order valence-corrected chi connectivity index (χ2v) is 15.1. The Bertz CT molecular complexity index is 2060. The molecule has 0 aliphatic carbocycles. The number of hydrogen-bond acceptors (Lipinski definition) is 8. The second kappa shape index (κ2) is 38.1. The van der Waals surface area contributed by atoms with Crippen LogP contribution in [0.25, 0.3) is 24.3 Å². The Morgan fingerprint density at radius 1 is 0.328 bits per heavy atom. The highest BCUT2D eigenvalue weighted by Gasteiger charge is 2.09. The molecule has 334 valence electrons. The van der Waals surface area contributed by atoms with E-state index in [1.165, 1.54) is 36.4 Å². The Kier molecular flexibility index (Phi) is 41.7. The van der Waals surface area contributed by atoms with Gasteiger partial charge in [-0.25, -0.2) is 0 Å². The van der Waals surface area contributed by atoms with Crippen LogP contribution in [0.3, 0.4) is 0 Å². The van der Waals surface area contributed by atoms with Gasteiger partial charge in [-0.1, -0.05) is 111 Å². The Balaban J connectivity index is -0.000000152. The molecule has 0 spiro atoms. The van der Waals surface area contributed by atoms with Crippen molar-refractivity contribution >= 4 is 64.8 Å². The van der Waals surface area contributed by atoms with Gasteiger partial charge in [0.25, 0.3) is 40.5 Å². The van der Waals surface area contributed by atoms with Crippen LogP contribution in [-0.4, -0.2) is 51.9 Å². The lowest BCUT2D eigenvalue weighted by Crippen LogP contribution is -2.01. The quantitative estimate of drug-likeness (QED) is 0.0910. The average molecular weight is 919 g/mol. The summed E-state index contributed by atoms with van der Waals surface area (Å²) >= 11 is 0. The van der Waals surface area contributed by atoms with Crippen LogP contribution in [0, 0.1) is 0 Å². The van der Waals surface area contributed by atoms with E-state index in [2.05, 4.69) is 105 Å². The molecular weight excluding hydrogens is 861 g/mol. The molecule has 0 fully saturated rings. The lowest BCUT2D eigenvalue weighted by Gasteiger charge is -1.98. The minimum Gasteiger partial charge on any atom is -0.285 e. The van der Waals surface area contributed by atoms with Gasteiger partial charge in [0.05, 0.1) is 14.7 Å². The summed E-state index contributed by atoms with van der Waals surface area (Å²) in [4.78, 5) is -0.311. The van der Waals surface area contributed by atoms with E-state index in [0.717, 1.165) is 22.3 Å². The molecule has 4 N–H and O–H groups in total. The first-order chi connectivity index (χ1) is 28.6. The summed E-state index contributed by atoms with van der Waals surface area (Å²) in [7, 11) is -16.1. The summed E-state index contributed by atoms with van der Waals surface area (Å²) < 4.78 is 119. The molecule has 4 rings (SSSR count). The van der Waals surface area contributed by atoms with Crippen molar-refractivity contribution in [1.82, 2.24) is 0 Å². The smallest absolute Gasteiger partial charge is 0.285 e. The van der Waals surface area contributed by atoms with Crippen molar-refractivity contribution in [2.45, 2.75) is 20.4 Å². The Morgan fingerprint density at radius 3 is 0.623 bits per heavy atom. The van der Waals surface area contributed by atoms with E-state index in [4.69, 9.17) is 18.2 Å². The Morgan fingerprint density at radius 2 is 0.492 bits per heavy atom. The molecule has 0 aliphatic rings. The number of rotatable bonds is 9. The van der Waals surface area contributed by atoms with Gasteiger partial charge >= 0.3 is 0 Å². The zero-order valence-corrected chi connectivity index (χ0v) is 37.5. The van der Waals surface area contributed by atoms with Crippen LogP contribution in [0.2, 0.25) is 0 Å². The van der Waals surface area contributed by atoms with Crippen LogP contribution in [-0.2, 0) is 46.2 Å². The van der Waals surface area contributed by atoms with Crippen molar-refractivity contribution in [2.24, 2.45) is 0 Å². The largest absolute Gasteiger partial charge is 0.294 e. The van der Waals surface area contributed by atoms with Crippen molar-refractivity contribution in [2.75, 3.05) is 0 Å². The highest BCUT2D eigenvalue weighted by molar-refractivity contribution is 7.86. The van der Waals surface area contributed by atoms with Gasteiger partial charge in [-0.15, -0.1) is 78.9 Å². The molecule has 4 aromatic rings. The van der Waals surface area contributed by atoms with Crippen molar-refractivity contribution in [3.8, 4) is 0 Å².